The van der Waals surface area contributed by atoms with Crippen LogP contribution >= 0.6 is 0 Å². The van der Waals surface area contributed by atoms with Crippen molar-refractivity contribution < 1.29 is 4.74 Å². The third kappa shape index (κ3) is 3.34. The van der Waals surface area contributed by atoms with Gasteiger partial charge in [0.1, 0.15) is 0 Å². The molecule has 2 aromatic carbocycles. The van der Waals surface area contributed by atoms with Crippen LogP contribution < -0.4 is 5.32 Å². The third-order valence-corrected chi connectivity index (χ3v) is 3.67. The minimum atomic E-state index is 0.236. The Balaban J connectivity index is 2.25. The van der Waals surface area contributed by atoms with Crippen molar-refractivity contribution >= 4 is 10.8 Å². The smallest absolute Gasteiger partial charge is 0.0665 e. The van der Waals surface area contributed by atoms with Crippen molar-refractivity contribution in [3.63, 3.8) is 0 Å². The van der Waals surface area contributed by atoms with Gasteiger partial charge < -0.3 is 10.1 Å². The van der Waals surface area contributed by atoms with Crippen molar-refractivity contribution in [3.8, 4) is 0 Å². The van der Waals surface area contributed by atoms with Gasteiger partial charge in [0.25, 0.3) is 0 Å². The molecule has 0 aliphatic carbocycles. The quantitative estimate of drug-likeness (QED) is 0.847. The fourth-order valence-corrected chi connectivity index (χ4v) is 2.26. The summed E-state index contributed by atoms with van der Waals surface area (Å²) in [5.74, 6) is 0. The Hall–Kier alpha value is -1.38. The molecular formula is C17H23NO. The normalized spacial score (nSPS) is 14.5. The first-order valence-corrected chi connectivity index (χ1v) is 7.02. The van der Waals surface area contributed by atoms with Gasteiger partial charge in [-0.05, 0) is 36.7 Å². The van der Waals surface area contributed by atoms with Gasteiger partial charge in [-0.15, -0.1) is 0 Å². The topological polar surface area (TPSA) is 21.3 Å². The Kier molecular flexibility index (Phi) is 4.94. The lowest BCUT2D eigenvalue weighted by Crippen LogP contribution is -2.24. The van der Waals surface area contributed by atoms with Gasteiger partial charge in [-0.25, -0.2) is 0 Å². The summed E-state index contributed by atoms with van der Waals surface area (Å²) in [6.07, 6.45) is 1.36. The fourth-order valence-electron chi connectivity index (χ4n) is 2.26. The SMILES string of the molecule is CCC(C)OCC(NC)c1cccc2ccccc12. The van der Waals surface area contributed by atoms with Crippen LogP contribution in [0.3, 0.4) is 0 Å². The zero-order valence-electron chi connectivity index (χ0n) is 12.0. The first-order chi connectivity index (χ1) is 9.26. The Morgan fingerprint density at radius 2 is 1.84 bits per heavy atom. The highest BCUT2D eigenvalue weighted by Crippen LogP contribution is 2.24. The van der Waals surface area contributed by atoms with Gasteiger partial charge in [-0.2, -0.15) is 0 Å². The molecule has 0 fully saturated rings. The van der Waals surface area contributed by atoms with E-state index >= 15 is 0 Å². The van der Waals surface area contributed by atoms with Crippen LogP contribution in [0.2, 0.25) is 0 Å². The van der Waals surface area contributed by atoms with Crippen LogP contribution in [0, 0.1) is 0 Å². The first-order valence-electron chi connectivity index (χ1n) is 7.02. The minimum Gasteiger partial charge on any atom is -0.377 e. The van der Waals surface area contributed by atoms with Crippen LogP contribution in [-0.2, 0) is 4.74 Å². The highest BCUT2D eigenvalue weighted by atomic mass is 16.5. The molecule has 2 nitrogen and oxygen atoms in total. The number of rotatable bonds is 6. The molecule has 1 N–H and O–H groups in total. The van der Waals surface area contributed by atoms with E-state index in [-0.39, 0.29) is 6.04 Å². The average molecular weight is 257 g/mol. The van der Waals surface area contributed by atoms with Gasteiger partial charge in [-0.3, -0.25) is 0 Å². The summed E-state index contributed by atoms with van der Waals surface area (Å²) in [5, 5.41) is 5.95. The highest BCUT2D eigenvalue weighted by Gasteiger charge is 2.13. The Labute approximate surface area is 115 Å². The zero-order chi connectivity index (χ0) is 13.7. The van der Waals surface area contributed by atoms with E-state index in [1.165, 1.54) is 16.3 Å². The molecule has 0 aliphatic rings. The maximum atomic E-state index is 5.88. The summed E-state index contributed by atoms with van der Waals surface area (Å²) in [7, 11) is 1.99. The van der Waals surface area contributed by atoms with Crippen LogP contribution in [0.5, 0.6) is 0 Å². The Morgan fingerprint density at radius 3 is 2.58 bits per heavy atom. The monoisotopic (exact) mass is 257 g/mol. The molecule has 0 aliphatic heterocycles. The molecule has 0 radical (unpaired) electrons. The zero-order valence-corrected chi connectivity index (χ0v) is 12.0. The van der Waals surface area contributed by atoms with Gasteiger partial charge >= 0.3 is 0 Å². The number of fused-ring (bicyclic) bond motifs is 1. The van der Waals surface area contributed by atoms with Crippen LogP contribution in [0.1, 0.15) is 31.9 Å². The van der Waals surface area contributed by atoms with Gasteiger partial charge in [0, 0.05) is 0 Å². The summed E-state index contributed by atoms with van der Waals surface area (Å²) in [6, 6.07) is 15.2. The van der Waals surface area contributed by atoms with Crippen LogP contribution in [0.25, 0.3) is 10.8 Å². The standard InChI is InChI=1S/C17H23NO/c1-4-13(2)19-12-17(18-3)16-11-7-9-14-8-5-6-10-15(14)16/h5-11,13,17-18H,4,12H2,1-3H3. The number of hydrogen-bond acceptors (Lipinski definition) is 2. The van der Waals surface area contributed by atoms with Crippen molar-refractivity contribution in [1.29, 1.82) is 0 Å². The molecule has 2 atom stereocenters. The van der Waals surface area contributed by atoms with E-state index in [1.54, 1.807) is 0 Å². The number of hydrogen-bond donors (Lipinski definition) is 1. The molecule has 0 bridgehead atoms. The number of likely N-dealkylation sites (N-methyl/N-ethyl adjacent to an activating group) is 1. The number of ether oxygens (including phenoxy) is 1. The largest absolute Gasteiger partial charge is 0.377 e. The maximum Gasteiger partial charge on any atom is 0.0665 e. The van der Waals surface area contributed by atoms with E-state index in [2.05, 4.69) is 61.6 Å². The van der Waals surface area contributed by atoms with Crippen molar-refractivity contribution in [2.24, 2.45) is 0 Å². The van der Waals surface area contributed by atoms with Gasteiger partial charge in [0.2, 0.25) is 0 Å². The van der Waals surface area contributed by atoms with E-state index in [1.807, 2.05) is 7.05 Å². The van der Waals surface area contributed by atoms with E-state index in [0.29, 0.717) is 12.7 Å². The molecule has 102 valence electrons. The lowest BCUT2D eigenvalue weighted by atomic mass is 9.99. The molecule has 19 heavy (non-hydrogen) atoms. The molecule has 0 spiro atoms. The minimum absolute atomic E-state index is 0.236. The van der Waals surface area contributed by atoms with E-state index in [0.717, 1.165) is 6.42 Å². The molecule has 2 unspecified atom stereocenters. The van der Waals surface area contributed by atoms with Crippen molar-refractivity contribution in [2.45, 2.75) is 32.4 Å². The van der Waals surface area contributed by atoms with Crippen molar-refractivity contribution in [1.82, 2.24) is 5.32 Å². The molecule has 0 amide bonds. The lowest BCUT2D eigenvalue weighted by molar-refractivity contribution is 0.0489. The third-order valence-electron chi connectivity index (χ3n) is 3.67. The van der Waals surface area contributed by atoms with Crippen LogP contribution in [-0.4, -0.2) is 19.8 Å². The molecule has 0 aromatic heterocycles. The molecule has 2 aromatic rings. The Bertz CT molecular complexity index is 518. The number of benzene rings is 2. The fraction of sp³-hybridized carbons (Fsp3) is 0.412. The van der Waals surface area contributed by atoms with Crippen LogP contribution in [0.15, 0.2) is 42.5 Å². The van der Waals surface area contributed by atoms with Gasteiger partial charge in [0.15, 0.2) is 0 Å². The predicted octanol–water partition coefficient (Wildman–Crippen LogP) is 3.92. The highest BCUT2D eigenvalue weighted by molar-refractivity contribution is 5.86. The van der Waals surface area contributed by atoms with Crippen LogP contribution in [0.4, 0.5) is 0 Å². The van der Waals surface area contributed by atoms with E-state index in [9.17, 15) is 0 Å². The van der Waals surface area contributed by atoms with Crippen molar-refractivity contribution in [2.75, 3.05) is 13.7 Å². The van der Waals surface area contributed by atoms with Gasteiger partial charge in [-0.1, -0.05) is 49.4 Å². The second-order valence-electron chi connectivity index (χ2n) is 4.96. The molecular weight excluding hydrogens is 234 g/mol. The molecule has 0 saturated carbocycles. The van der Waals surface area contributed by atoms with E-state index < -0.39 is 0 Å². The second kappa shape index (κ2) is 6.69. The maximum absolute atomic E-state index is 5.88. The van der Waals surface area contributed by atoms with E-state index in [4.69, 9.17) is 4.74 Å². The summed E-state index contributed by atoms with van der Waals surface area (Å²) in [4.78, 5) is 0. The summed E-state index contributed by atoms with van der Waals surface area (Å²) in [5.41, 5.74) is 1.31. The first kappa shape index (κ1) is 14.0. The molecule has 2 heteroatoms. The summed E-state index contributed by atoms with van der Waals surface area (Å²) >= 11 is 0. The Morgan fingerprint density at radius 1 is 1.11 bits per heavy atom. The average Bonchev–Trinajstić information content (AvgIpc) is 2.47. The number of nitrogens with one attached hydrogen (secondary N) is 1. The summed E-state index contributed by atoms with van der Waals surface area (Å²) < 4.78 is 5.88. The molecule has 2 rings (SSSR count). The predicted molar refractivity (Wildman–Crippen MR) is 81.5 cm³/mol. The lowest BCUT2D eigenvalue weighted by Gasteiger charge is -2.21. The second-order valence-corrected chi connectivity index (χ2v) is 4.96. The van der Waals surface area contributed by atoms with Gasteiger partial charge in [0.05, 0.1) is 18.8 Å². The van der Waals surface area contributed by atoms with Crippen molar-refractivity contribution in [3.05, 3.63) is 48.0 Å². The molecule has 0 saturated heterocycles. The molecule has 0 heterocycles. The summed E-state index contributed by atoms with van der Waals surface area (Å²) in [6.45, 7) is 4.98.